The van der Waals surface area contributed by atoms with E-state index in [1.54, 1.807) is 6.07 Å². The van der Waals surface area contributed by atoms with Crippen LogP contribution in [0.15, 0.2) is 16.5 Å². The van der Waals surface area contributed by atoms with Crippen LogP contribution in [0.25, 0.3) is 0 Å². The summed E-state index contributed by atoms with van der Waals surface area (Å²) in [5.41, 5.74) is 0.102. The molecule has 4 bridgehead atoms. The summed E-state index contributed by atoms with van der Waals surface area (Å²) in [6, 6.07) is 3.17. The highest BCUT2D eigenvalue weighted by Gasteiger charge is 2.57. The predicted octanol–water partition coefficient (Wildman–Crippen LogP) is 4.23. The third-order valence-electron chi connectivity index (χ3n) is 6.05. The molecule has 25 heavy (non-hydrogen) atoms. The van der Waals surface area contributed by atoms with Crippen LogP contribution in [0.2, 0.25) is 0 Å². The minimum atomic E-state index is -0.534. The van der Waals surface area contributed by atoms with E-state index in [-0.39, 0.29) is 28.1 Å². The second-order valence-corrected chi connectivity index (χ2v) is 9.89. The van der Waals surface area contributed by atoms with E-state index in [0.717, 1.165) is 31.1 Å². The van der Waals surface area contributed by atoms with E-state index in [2.05, 4.69) is 20.7 Å². The Morgan fingerprint density at radius 1 is 1.24 bits per heavy atom. The number of hydrogen-bond donors (Lipinski definition) is 0. The van der Waals surface area contributed by atoms with Gasteiger partial charge in [-0.2, -0.15) is 0 Å². The molecule has 0 radical (unpaired) electrons. The summed E-state index contributed by atoms with van der Waals surface area (Å²) in [6.07, 6.45) is 7.70. The summed E-state index contributed by atoms with van der Waals surface area (Å²) in [7, 11) is 1.30. The number of rotatable bonds is 5. The van der Waals surface area contributed by atoms with Crippen LogP contribution in [-0.4, -0.2) is 23.4 Å². The Kier molecular flexibility index (Phi) is 4.21. The molecule has 5 nitrogen and oxygen atoms in total. The van der Waals surface area contributed by atoms with Gasteiger partial charge in [-0.1, -0.05) is 15.9 Å². The molecule has 0 amide bonds. The van der Waals surface area contributed by atoms with Crippen molar-refractivity contribution in [3.63, 3.8) is 0 Å². The highest BCUT2D eigenvalue weighted by Crippen LogP contribution is 2.65. The Morgan fingerprint density at radius 3 is 2.60 bits per heavy atom. The first-order valence-electron chi connectivity index (χ1n) is 8.90. The molecule has 1 aromatic rings. The zero-order chi connectivity index (χ0) is 17.7. The molecule has 0 aliphatic heterocycles. The van der Waals surface area contributed by atoms with Crippen LogP contribution in [0, 0.1) is 17.3 Å². The molecule has 136 valence electrons. The number of furan rings is 1. The molecule has 0 aromatic carbocycles. The van der Waals surface area contributed by atoms with Gasteiger partial charge in [0, 0.05) is 4.32 Å². The largest absolute Gasteiger partial charge is 0.463 e. The van der Waals surface area contributed by atoms with Gasteiger partial charge in [-0.05, 0) is 67.9 Å². The van der Waals surface area contributed by atoms with Crippen molar-refractivity contribution < 1.29 is 23.5 Å². The lowest BCUT2D eigenvalue weighted by Gasteiger charge is -2.60. The number of halogens is 1. The highest BCUT2D eigenvalue weighted by molar-refractivity contribution is 9.10. The molecular formula is C19H23BrO5. The van der Waals surface area contributed by atoms with E-state index in [9.17, 15) is 9.59 Å². The Labute approximate surface area is 155 Å². The molecule has 0 N–H and O–H groups in total. The van der Waals surface area contributed by atoms with Crippen LogP contribution in [0.1, 0.15) is 61.3 Å². The maximum atomic E-state index is 12.4. The van der Waals surface area contributed by atoms with Crippen LogP contribution in [0.4, 0.5) is 0 Å². The van der Waals surface area contributed by atoms with Gasteiger partial charge in [-0.3, -0.25) is 4.79 Å². The summed E-state index contributed by atoms with van der Waals surface area (Å²) < 4.78 is 15.6. The standard InChI is InChI=1S/C19H23BrO5/c1-23-17(22)15-3-2-14(25-15)10-24-16(21)9-18-5-12-4-13(6-18)8-19(20,7-12)11-18/h2-3,12-13H,4-11H2,1H3/t12-,13-,18?,19?/m1/s1. The van der Waals surface area contributed by atoms with Crippen molar-refractivity contribution in [3.05, 3.63) is 23.7 Å². The van der Waals surface area contributed by atoms with Gasteiger partial charge < -0.3 is 13.9 Å². The van der Waals surface area contributed by atoms with Gasteiger partial charge in [0.2, 0.25) is 5.76 Å². The summed E-state index contributed by atoms with van der Waals surface area (Å²) in [5, 5.41) is 0. The second-order valence-electron chi connectivity index (χ2n) is 8.21. The molecule has 0 unspecified atom stereocenters. The number of hydrogen-bond acceptors (Lipinski definition) is 5. The van der Waals surface area contributed by atoms with Crippen molar-refractivity contribution in [2.45, 2.75) is 55.9 Å². The van der Waals surface area contributed by atoms with Crippen molar-refractivity contribution in [2.24, 2.45) is 17.3 Å². The van der Waals surface area contributed by atoms with Crippen molar-refractivity contribution >= 4 is 27.9 Å². The lowest BCUT2D eigenvalue weighted by molar-refractivity contribution is -0.152. The first kappa shape index (κ1) is 17.1. The first-order valence-corrected chi connectivity index (χ1v) is 9.70. The number of methoxy groups -OCH3 is 1. The predicted molar refractivity (Wildman–Crippen MR) is 93.2 cm³/mol. The monoisotopic (exact) mass is 410 g/mol. The quantitative estimate of drug-likeness (QED) is 0.536. The van der Waals surface area contributed by atoms with Gasteiger partial charge in [-0.15, -0.1) is 0 Å². The highest BCUT2D eigenvalue weighted by atomic mass is 79.9. The molecule has 0 saturated heterocycles. The zero-order valence-corrected chi connectivity index (χ0v) is 16.0. The number of ether oxygens (including phenoxy) is 2. The van der Waals surface area contributed by atoms with E-state index < -0.39 is 5.97 Å². The smallest absolute Gasteiger partial charge is 0.373 e. The summed E-state index contributed by atoms with van der Waals surface area (Å²) in [4.78, 5) is 23.8. The van der Waals surface area contributed by atoms with Crippen molar-refractivity contribution in [1.29, 1.82) is 0 Å². The third kappa shape index (κ3) is 3.37. The molecule has 1 aromatic heterocycles. The second kappa shape index (κ2) is 6.15. The Hall–Kier alpha value is -1.30. The maximum absolute atomic E-state index is 12.4. The molecule has 0 spiro atoms. The van der Waals surface area contributed by atoms with Crippen LogP contribution in [0.5, 0.6) is 0 Å². The molecule has 2 atom stereocenters. The summed E-state index contributed by atoms with van der Waals surface area (Å²) >= 11 is 3.97. The average molecular weight is 411 g/mol. The Bertz CT molecular complexity index is 680. The summed E-state index contributed by atoms with van der Waals surface area (Å²) in [5.74, 6) is 1.37. The molecule has 5 rings (SSSR count). The van der Waals surface area contributed by atoms with E-state index >= 15 is 0 Å². The third-order valence-corrected chi connectivity index (χ3v) is 6.98. The van der Waals surface area contributed by atoms with Crippen LogP contribution >= 0.6 is 15.9 Å². The van der Waals surface area contributed by atoms with Gasteiger partial charge >= 0.3 is 11.9 Å². The van der Waals surface area contributed by atoms with Crippen molar-refractivity contribution in [2.75, 3.05) is 7.11 Å². The molecule has 4 aliphatic rings. The van der Waals surface area contributed by atoms with Gasteiger partial charge in [0.25, 0.3) is 0 Å². The molecule has 4 saturated carbocycles. The molecule has 4 fully saturated rings. The summed E-state index contributed by atoms with van der Waals surface area (Å²) in [6.45, 7) is 0.0538. The number of carbonyl (C=O) groups excluding carboxylic acids is 2. The molecule has 6 heteroatoms. The Morgan fingerprint density at radius 2 is 1.96 bits per heavy atom. The van der Waals surface area contributed by atoms with Crippen LogP contribution < -0.4 is 0 Å². The number of alkyl halides is 1. The fourth-order valence-corrected chi connectivity index (χ4v) is 7.23. The Balaban J connectivity index is 1.35. The van der Waals surface area contributed by atoms with E-state index in [0.29, 0.717) is 12.2 Å². The van der Waals surface area contributed by atoms with Crippen LogP contribution in [0.3, 0.4) is 0 Å². The molecule has 4 aliphatic carbocycles. The number of carbonyl (C=O) groups is 2. The van der Waals surface area contributed by atoms with Crippen LogP contribution in [-0.2, 0) is 20.9 Å². The topological polar surface area (TPSA) is 65.7 Å². The van der Waals surface area contributed by atoms with E-state index in [1.165, 1.54) is 32.4 Å². The van der Waals surface area contributed by atoms with E-state index in [1.807, 2.05) is 0 Å². The van der Waals surface area contributed by atoms with Gasteiger partial charge in [-0.25, -0.2) is 4.79 Å². The SMILES string of the molecule is COC(=O)c1ccc(COC(=O)CC23C[C@H]4C[C@@H](CC(Br)(C4)C2)C3)o1. The minimum Gasteiger partial charge on any atom is -0.463 e. The molecule has 1 heterocycles. The van der Waals surface area contributed by atoms with Crippen molar-refractivity contribution in [3.8, 4) is 0 Å². The van der Waals surface area contributed by atoms with Gasteiger partial charge in [0.1, 0.15) is 12.4 Å². The lowest BCUT2D eigenvalue weighted by Crippen LogP contribution is -2.53. The lowest BCUT2D eigenvalue weighted by atomic mass is 9.49. The average Bonchev–Trinajstić information content (AvgIpc) is 2.98. The fraction of sp³-hybridized carbons (Fsp3) is 0.684. The van der Waals surface area contributed by atoms with E-state index in [4.69, 9.17) is 9.15 Å². The van der Waals surface area contributed by atoms with Crippen molar-refractivity contribution in [1.82, 2.24) is 0 Å². The maximum Gasteiger partial charge on any atom is 0.373 e. The normalized spacial score (nSPS) is 35.6. The zero-order valence-electron chi connectivity index (χ0n) is 14.4. The number of esters is 2. The van der Waals surface area contributed by atoms with Gasteiger partial charge in [0.05, 0.1) is 13.5 Å². The first-order chi connectivity index (χ1) is 11.9. The minimum absolute atomic E-state index is 0.0538. The fourth-order valence-electron chi connectivity index (χ4n) is 5.72. The molecular weight excluding hydrogens is 388 g/mol. The van der Waals surface area contributed by atoms with Gasteiger partial charge in [0.15, 0.2) is 0 Å².